The van der Waals surface area contributed by atoms with Crippen LogP contribution in [0.3, 0.4) is 0 Å². The predicted octanol–water partition coefficient (Wildman–Crippen LogP) is 3.89. The second-order valence-electron chi connectivity index (χ2n) is 6.57. The molecule has 27 heavy (non-hydrogen) atoms. The summed E-state index contributed by atoms with van der Waals surface area (Å²) in [6.45, 7) is 5.52. The topological polar surface area (TPSA) is 89.9 Å². The molecule has 0 radical (unpaired) electrons. The van der Waals surface area contributed by atoms with Gasteiger partial charge in [0.25, 0.3) is 0 Å². The van der Waals surface area contributed by atoms with Gasteiger partial charge in [-0.05, 0) is 46.5 Å². The molecule has 0 saturated heterocycles. The summed E-state index contributed by atoms with van der Waals surface area (Å²) in [6.07, 6.45) is 6.62. The SMILES string of the molecule is COC1=C(OC)C(=O)C(C/C=C(\C)CC/C=C(\C)CCC(=O)O)=C(C)C1=O. The highest BCUT2D eigenvalue weighted by atomic mass is 16.5. The maximum absolute atomic E-state index is 12.6. The minimum atomic E-state index is -0.796. The number of carboxylic acids is 1. The summed E-state index contributed by atoms with van der Waals surface area (Å²) in [4.78, 5) is 35.5. The number of carboxylic acid groups (broad SMARTS) is 1. The summed E-state index contributed by atoms with van der Waals surface area (Å²) in [5.41, 5.74) is 2.95. The van der Waals surface area contributed by atoms with Crippen LogP contribution in [0.1, 0.15) is 52.9 Å². The minimum absolute atomic E-state index is 0.0496. The molecule has 148 valence electrons. The van der Waals surface area contributed by atoms with Crippen LogP contribution >= 0.6 is 0 Å². The highest BCUT2D eigenvalue weighted by Crippen LogP contribution is 2.28. The Labute approximate surface area is 160 Å². The van der Waals surface area contributed by atoms with E-state index >= 15 is 0 Å². The fourth-order valence-corrected chi connectivity index (χ4v) is 2.77. The number of hydrogen-bond acceptors (Lipinski definition) is 5. The van der Waals surface area contributed by atoms with Crippen molar-refractivity contribution in [3.05, 3.63) is 46.0 Å². The molecule has 0 aromatic heterocycles. The first kappa shape index (κ1) is 22.4. The molecule has 0 amide bonds. The van der Waals surface area contributed by atoms with Crippen LogP contribution < -0.4 is 0 Å². The van der Waals surface area contributed by atoms with Crippen LogP contribution in [0.5, 0.6) is 0 Å². The summed E-state index contributed by atoms with van der Waals surface area (Å²) >= 11 is 0. The lowest BCUT2D eigenvalue weighted by molar-refractivity contribution is -0.137. The second-order valence-corrected chi connectivity index (χ2v) is 6.57. The number of hydrogen-bond donors (Lipinski definition) is 1. The maximum Gasteiger partial charge on any atom is 0.303 e. The molecule has 6 nitrogen and oxygen atoms in total. The summed E-state index contributed by atoms with van der Waals surface area (Å²) < 4.78 is 10.1. The summed E-state index contributed by atoms with van der Waals surface area (Å²) in [7, 11) is 2.69. The van der Waals surface area contributed by atoms with Crippen LogP contribution in [0.4, 0.5) is 0 Å². The van der Waals surface area contributed by atoms with E-state index in [1.807, 2.05) is 26.0 Å². The normalized spacial score (nSPS) is 16.2. The third kappa shape index (κ3) is 6.24. The van der Waals surface area contributed by atoms with E-state index in [2.05, 4.69) is 0 Å². The summed E-state index contributed by atoms with van der Waals surface area (Å²) in [6, 6.07) is 0. The number of carbonyl (C=O) groups excluding carboxylic acids is 2. The smallest absolute Gasteiger partial charge is 0.303 e. The highest BCUT2D eigenvalue weighted by Gasteiger charge is 2.33. The van der Waals surface area contributed by atoms with Gasteiger partial charge < -0.3 is 14.6 Å². The van der Waals surface area contributed by atoms with Gasteiger partial charge in [-0.25, -0.2) is 0 Å². The van der Waals surface area contributed by atoms with Gasteiger partial charge in [-0.3, -0.25) is 14.4 Å². The second kappa shape index (κ2) is 10.5. The van der Waals surface area contributed by atoms with E-state index in [1.54, 1.807) is 6.92 Å². The van der Waals surface area contributed by atoms with E-state index < -0.39 is 5.97 Å². The van der Waals surface area contributed by atoms with Crippen molar-refractivity contribution in [2.75, 3.05) is 14.2 Å². The molecule has 1 aliphatic rings. The number of allylic oxidation sites excluding steroid dienone is 6. The molecule has 0 bridgehead atoms. The van der Waals surface area contributed by atoms with Crippen molar-refractivity contribution in [1.82, 2.24) is 0 Å². The predicted molar refractivity (Wildman–Crippen MR) is 102 cm³/mol. The number of methoxy groups -OCH3 is 2. The van der Waals surface area contributed by atoms with Crippen LogP contribution in [0.15, 0.2) is 46.0 Å². The summed E-state index contributed by atoms with van der Waals surface area (Å²) in [5, 5.41) is 8.69. The number of Topliss-reactive ketones (excluding diaryl/α,β-unsaturated/α-hetero) is 2. The van der Waals surface area contributed by atoms with Crippen molar-refractivity contribution in [3.63, 3.8) is 0 Å². The molecule has 0 aromatic rings. The average Bonchev–Trinajstić information content (AvgIpc) is 2.62. The number of rotatable bonds is 10. The van der Waals surface area contributed by atoms with E-state index in [0.29, 0.717) is 24.0 Å². The lowest BCUT2D eigenvalue weighted by atomic mass is 9.90. The van der Waals surface area contributed by atoms with Crippen LogP contribution in [0, 0.1) is 0 Å². The molecule has 0 fully saturated rings. The van der Waals surface area contributed by atoms with Crippen LogP contribution in [-0.2, 0) is 23.9 Å². The molecule has 0 atom stereocenters. The molecule has 0 heterocycles. The molecule has 1 aliphatic carbocycles. The molecular weight excluding hydrogens is 348 g/mol. The van der Waals surface area contributed by atoms with Crippen molar-refractivity contribution >= 4 is 17.5 Å². The standard InChI is InChI=1S/C21H28O6/c1-13(7-6-8-14(2)10-12-17(22)23)9-11-16-15(3)18(24)20(26-4)21(27-5)19(16)25/h8-9H,6-7,10-12H2,1-5H3,(H,22,23)/b13-9+,14-8+. The fraction of sp³-hybridized carbons (Fsp3) is 0.476. The third-order valence-corrected chi connectivity index (χ3v) is 4.51. The molecule has 0 saturated carbocycles. The Hall–Kier alpha value is -2.63. The Bertz CT molecular complexity index is 734. The van der Waals surface area contributed by atoms with E-state index in [-0.39, 0.29) is 29.5 Å². The third-order valence-electron chi connectivity index (χ3n) is 4.51. The lowest BCUT2D eigenvalue weighted by Gasteiger charge is -2.19. The Morgan fingerprint density at radius 2 is 1.48 bits per heavy atom. The van der Waals surface area contributed by atoms with Crippen molar-refractivity contribution in [3.8, 4) is 0 Å². The van der Waals surface area contributed by atoms with Gasteiger partial charge in [0, 0.05) is 17.6 Å². The monoisotopic (exact) mass is 376 g/mol. The lowest BCUT2D eigenvalue weighted by Crippen LogP contribution is -2.24. The van der Waals surface area contributed by atoms with Crippen LogP contribution in [0.2, 0.25) is 0 Å². The Kier molecular flexibility index (Phi) is 8.72. The summed E-state index contributed by atoms with van der Waals surface area (Å²) in [5.74, 6) is -1.54. The molecule has 0 spiro atoms. The molecule has 1 rings (SSSR count). The van der Waals surface area contributed by atoms with E-state index in [0.717, 1.165) is 24.0 Å². The maximum atomic E-state index is 12.6. The van der Waals surface area contributed by atoms with Gasteiger partial charge in [0.05, 0.1) is 14.2 Å². The molecular formula is C21H28O6. The fourth-order valence-electron chi connectivity index (χ4n) is 2.77. The highest BCUT2D eigenvalue weighted by molar-refractivity contribution is 6.23. The van der Waals surface area contributed by atoms with Gasteiger partial charge in [0.1, 0.15) is 0 Å². The Morgan fingerprint density at radius 1 is 0.926 bits per heavy atom. The van der Waals surface area contributed by atoms with Gasteiger partial charge >= 0.3 is 5.97 Å². The van der Waals surface area contributed by atoms with Crippen molar-refractivity contribution in [1.29, 1.82) is 0 Å². The average molecular weight is 376 g/mol. The number of carbonyl (C=O) groups is 3. The Morgan fingerprint density at radius 3 is 2.04 bits per heavy atom. The van der Waals surface area contributed by atoms with E-state index in [4.69, 9.17) is 14.6 Å². The van der Waals surface area contributed by atoms with E-state index in [1.165, 1.54) is 14.2 Å². The zero-order valence-electron chi connectivity index (χ0n) is 16.7. The van der Waals surface area contributed by atoms with Gasteiger partial charge in [0.2, 0.25) is 23.1 Å². The van der Waals surface area contributed by atoms with Crippen molar-refractivity contribution in [2.24, 2.45) is 0 Å². The number of ketones is 2. The first-order chi connectivity index (χ1) is 12.7. The van der Waals surface area contributed by atoms with E-state index in [9.17, 15) is 14.4 Å². The Balaban J connectivity index is 2.74. The molecule has 0 aromatic carbocycles. The largest absolute Gasteiger partial charge is 0.489 e. The minimum Gasteiger partial charge on any atom is -0.489 e. The molecule has 0 aliphatic heterocycles. The molecule has 6 heteroatoms. The van der Waals surface area contributed by atoms with Gasteiger partial charge in [-0.1, -0.05) is 23.3 Å². The number of ether oxygens (including phenoxy) is 2. The zero-order valence-corrected chi connectivity index (χ0v) is 16.7. The van der Waals surface area contributed by atoms with Crippen LogP contribution in [0.25, 0.3) is 0 Å². The van der Waals surface area contributed by atoms with Gasteiger partial charge in [0.15, 0.2) is 0 Å². The molecule has 0 unspecified atom stereocenters. The van der Waals surface area contributed by atoms with Gasteiger partial charge in [-0.2, -0.15) is 0 Å². The van der Waals surface area contributed by atoms with Crippen molar-refractivity contribution in [2.45, 2.75) is 52.9 Å². The zero-order chi connectivity index (χ0) is 20.6. The first-order valence-corrected chi connectivity index (χ1v) is 8.87. The quantitative estimate of drug-likeness (QED) is 0.460. The molecule has 1 N–H and O–H groups in total. The van der Waals surface area contributed by atoms with Crippen LogP contribution in [-0.4, -0.2) is 36.9 Å². The number of aliphatic carboxylic acids is 1. The van der Waals surface area contributed by atoms with Gasteiger partial charge in [-0.15, -0.1) is 0 Å². The first-order valence-electron chi connectivity index (χ1n) is 8.87. The van der Waals surface area contributed by atoms with Crippen molar-refractivity contribution < 1.29 is 29.0 Å².